The average molecular weight is 675 g/mol. The molecule has 4 aromatic rings. The minimum absolute atomic E-state index is 0.132. The summed E-state index contributed by atoms with van der Waals surface area (Å²) in [6.45, 7) is 12.2. The van der Waals surface area contributed by atoms with Crippen molar-refractivity contribution in [2.45, 2.75) is 90.1 Å². The normalized spacial score (nSPS) is 17.0. The molecule has 260 valence electrons. The predicted octanol–water partition coefficient (Wildman–Crippen LogP) is 9.27. The van der Waals surface area contributed by atoms with Crippen LogP contribution in [0.4, 0.5) is 0 Å². The summed E-state index contributed by atoms with van der Waals surface area (Å²) in [6.07, 6.45) is 7.13. The quantitative estimate of drug-likeness (QED) is 0.137. The van der Waals surface area contributed by atoms with E-state index in [1.54, 1.807) is 61.0 Å². The van der Waals surface area contributed by atoms with Crippen LogP contribution >= 0.6 is 0 Å². The maximum atomic E-state index is 11.4. The van der Waals surface area contributed by atoms with Gasteiger partial charge in [-0.15, -0.1) is 0 Å². The highest BCUT2D eigenvalue weighted by Crippen LogP contribution is 2.39. The van der Waals surface area contributed by atoms with Crippen molar-refractivity contribution in [2.24, 2.45) is 9.98 Å². The van der Waals surface area contributed by atoms with Gasteiger partial charge in [0.1, 0.15) is 11.5 Å². The minimum atomic E-state index is -0.986. The van der Waals surface area contributed by atoms with E-state index in [1.807, 2.05) is 65.8 Å². The molecule has 4 aromatic carbocycles. The van der Waals surface area contributed by atoms with Gasteiger partial charge in [-0.05, 0) is 94.5 Å². The Morgan fingerprint density at radius 3 is 1.22 bits per heavy atom. The van der Waals surface area contributed by atoms with Crippen LogP contribution in [0.5, 0.6) is 11.5 Å². The van der Waals surface area contributed by atoms with Crippen LogP contribution in [0, 0.1) is 0 Å². The predicted molar refractivity (Wildman–Crippen MR) is 200 cm³/mol. The Balaban J connectivity index is 1.48. The first kappa shape index (κ1) is 36.1. The second-order valence-corrected chi connectivity index (χ2v) is 15.2. The van der Waals surface area contributed by atoms with Crippen LogP contribution in [0.3, 0.4) is 0 Å². The van der Waals surface area contributed by atoms with Crippen LogP contribution < -0.4 is 0 Å². The molecule has 4 N–H and O–H groups in total. The number of aromatic hydroxyl groups is 2. The molecule has 0 bridgehead atoms. The van der Waals surface area contributed by atoms with Crippen LogP contribution in [0.25, 0.3) is 22.3 Å². The van der Waals surface area contributed by atoms with Gasteiger partial charge in [0.2, 0.25) is 0 Å². The molecule has 0 heterocycles. The highest BCUT2D eigenvalue weighted by atomic mass is 16.4. The van der Waals surface area contributed by atoms with Crippen molar-refractivity contribution >= 4 is 24.4 Å². The van der Waals surface area contributed by atoms with E-state index < -0.39 is 11.9 Å². The number of aromatic carboxylic acids is 2. The van der Waals surface area contributed by atoms with Crippen LogP contribution in [-0.2, 0) is 10.8 Å². The van der Waals surface area contributed by atoms with Crippen molar-refractivity contribution in [3.8, 4) is 33.8 Å². The molecule has 0 aromatic heterocycles. The molecule has 0 unspecified atom stereocenters. The number of carboxylic acids is 2. The Morgan fingerprint density at radius 2 is 0.920 bits per heavy atom. The molecule has 50 heavy (non-hydrogen) atoms. The molecule has 0 aliphatic heterocycles. The third kappa shape index (κ3) is 8.13. The van der Waals surface area contributed by atoms with Gasteiger partial charge in [0, 0.05) is 34.7 Å². The second kappa shape index (κ2) is 14.3. The highest BCUT2D eigenvalue weighted by Gasteiger charge is 2.26. The van der Waals surface area contributed by atoms with Gasteiger partial charge in [0.25, 0.3) is 0 Å². The molecule has 1 saturated carbocycles. The zero-order valence-electron chi connectivity index (χ0n) is 29.6. The molecule has 0 saturated heterocycles. The van der Waals surface area contributed by atoms with Crippen LogP contribution in [-0.4, -0.2) is 56.9 Å². The van der Waals surface area contributed by atoms with Gasteiger partial charge in [-0.3, -0.25) is 9.98 Å². The van der Waals surface area contributed by atoms with Gasteiger partial charge < -0.3 is 20.4 Å². The summed E-state index contributed by atoms with van der Waals surface area (Å²) in [5.41, 5.74) is 5.77. The lowest BCUT2D eigenvalue weighted by Gasteiger charge is -2.26. The molecule has 5 rings (SSSR count). The fraction of sp³-hybridized carbons (Fsp3) is 0.333. The standard InChI is InChI=1S/C42H46N2O6/c1-41(2,3)33-21-29(25-11-15-27(16-12-25)39(47)48)19-31(37(33)45)23-43-35-9-7-8-10-36(35)44-24-32-20-30(22-34(38(32)46)42(4,5)6)26-13-17-28(18-14-26)40(49)50/h11-24,35-36,45-46H,7-10H2,1-6H3,(H,47,48)(H,49,50)/t35-,36-/m1/s1. The lowest BCUT2D eigenvalue weighted by Crippen LogP contribution is -2.27. The number of phenols is 2. The topological polar surface area (TPSA) is 140 Å². The fourth-order valence-electron chi connectivity index (χ4n) is 6.39. The molecular formula is C42H46N2O6. The van der Waals surface area contributed by atoms with Crippen molar-refractivity contribution in [2.75, 3.05) is 0 Å². The molecule has 0 amide bonds. The minimum Gasteiger partial charge on any atom is -0.507 e. The summed E-state index contributed by atoms with van der Waals surface area (Å²) in [4.78, 5) is 32.8. The fourth-order valence-corrected chi connectivity index (χ4v) is 6.39. The van der Waals surface area contributed by atoms with Crippen molar-refractivity contribution in [3.05, 3.63) is 106 Å². The number of hydrogen-bond acceptors (Lipinski definition) is 6. The number of rotatable bonds is 8. The van der Waals surface area contributed by atoms with E-state index in [9.17, 15) is 30.0 Å². The SMILES string of the molecule is CC(C)(C)c1cc(-c2ccc(C(=O)O)cc2)cc(C=N[C@@H]2CCCC[C@H]2N=Cc2cc(-c3ccc(C(=O)O)cc3)cc(C(C)(C)C)c2O)c1O. The van der Waals surface area contributed by atoms with Gasteiger partial charge in [0.15, 0.2) is 0 Å². The van der Waals surface area contributed by atoms with Gasteiger partial charge >= 0.3 is 11.9 Å². The van der Waals surface area contributed by atoms with E-state index in [4.69, 9.17) is 9.98 Å². The molecular weight excluding hydrogens is 628 g/mol. The van der Waals surface area contributed by atoms with E-state index in [0.29, 0.717) is 11.1 Å². The summed E-state index contributed by atoms with van der Waals surface area (Å²) in [6, 6.07) is 20.8. The van der Waals surface area contributed by atoms with Crippen molar-refractivity contribution in [3.63, 3.8) is 0 Å². The van der Waals surface area contributed by atoms with E-state index >= 15 is 0 Å². The molecule has 2 atom stereocenters. The van der Waals surface area contributed by atoms with Gasteiger partial charge in [-0.1, -0.05) is 78.6 Å². The first-order chi connectivity index (χ1) is 23.5. The number of carbonyl (C=O) groups is 2. The van der Waals surface area contributed by atoms with E-state index in [1.165, 1.54) is 0 Å². The van der Waals surface area contributed by atoms with Crippen molar-refractivity contribution < 1.29 is 30.0 Å². The zero-order valence-corrected chi connectivity index (χ0v) is 29.6. The van der Waals surface area contributed by atoms with Gasteiger partial charge in [0.05, 0.1) is 23.2 Å². The van der Waals surface area contributed by atoms with E-state index in [0.717, 1.165) is 59.1 Å². The first-order valence-electron chi connectivity index (χ1n) is 17.0. The molecule has 8 heteroatoms. The molecule has 0 radical (unpaired) electrons. The number of benzene rings is 4. The summed E-state index contributed by atoms with van der Waals surface area (Å²) < 4.78 is 0. The smallest absolute Gasteiger partial charge is 0.335 e. The maximum Gasteiger partial charge on any atom is 0.335 e. The highest BCUT2D eigenvalue weighted by molar-refractivity contribution is 5.91. The number of aliphatic imine (C=N–C) groups is 2. The Kier molecular flexibility index (Phi) is 10.3. The molecule has 1 aliphatic carbocycles. The first-order valence-corrected chi connectivity index (χ1v) is 17.0. The Bertz CT molecular complexity index is 1800. The number of phenolic OH excluding ortho intramolecular Hbond substituents is 2. The lowest BCUT2D eigenvalue weighted by molar-refractivity contribution is 0.0686. The molecule has 8 nitrogen and oxygen atoms in total. The van der Waals surface area contributed by atoms with Crippen molar-refractivity contribution in [1.82, 2.24) is 0 Å². The Hall–Kier alpha value is -5.24. The van der Waals surface area contributed by atoms with Gasteiger partial charge in [-0.25, -0.2) is 9.59 Å². The maximum absolute atomic E-state index is 11.4. The molecule has 1 aliphatic rings. The third-order valence-electron chi connectivity index (χ3n) is 9.33. The zero-order chi connectivity index (χ0) is 36.4. The largest absolute Gasteiger partial charge is 0.507 e. The Labute approximate surface area is 293 Å². The molecule has 0 spiro atoms. The van der Waals surface area contributed by atoms with E-state index in [2.05, 4.69) is 0 Å². The van der Waals surface area contributed by atoms with E-state index in [-0.39, 0.29) is 45.5 Å². The second-order valence-electron chi connectivity index (χ2n) is 15.2. The summed E-state index contributed by atoms with van der Waals surface area (Å²) >= 11 is 0. The monoisotopic (exact) mass is 674 g/mol. The van der Waals surface area contributed by atoms with Crippen LogP contribution in [0.15, 0.2) is 82.8 Å². The summed E-state index contributed by atoms with van der Waals surface area (Å²) in [7, 11) is 0. The third-order valence-corrected chi connectivity index (χ3v) is 9.33. The average Bonchev–Trinajstić information content (AvgIpc) is 3.06. The number of hydrogen-bond donors (Lipinski definition) is 4. The molecule has 1 fully saturated rings. The van der Waals surface area contributed by atoms with Crippen LogP contribution in [0.1, 0.15) is 110 Å². The van der Waals surface area contributed by atoms with Crippen molar-refractivity contribution in [1.29, 1.82) is 0 Å². The van der Waals surface area contributed by atoms with Crippen LogP contribution in [0.2, 0.25) is 0 Å². The van der Waals surface area contributed by atoms with Gasteiger partial charge in [-0.2, -0.15) is 0 Å². The Morgan fingerprint density at radius 1 is 0.580 bits per heavy atom. The number of carboxylic acid groups (broad SMARTS) is 2. The summed E-state index contributed by atoms with van der Waals surface area (Å²) in [5.74, 6) is -1.65. The number of nitrogens with zero attached hydrogens (tertiary/aromatic N) is 2. The summed E-state index contributed by atoms with van der Waals surface area (Å²) in [5, 5.41) is 41.5. The lowest BCUT2D eigenvalue weighted by atomic mass is 9.83.